The maximum atomic E-state index is 13.0. The topological polar surface area (TPSA) is 18.5 Å². The first-order chi connectivity index (χ1) is 6.87. The third-order valence-electron chi connectivity index (χ3n) is 1.65. The van der Waals surface area contributed by atoms with Crippen LogP contribution < -0.4 is 0 Å². The largest absolute Gasteiger partial charge is 0.495 e. The molecule has 0 rings (SSSR count). The molecule has 0 aliphatic heterocycles. The minimum atomic E-state index is -6.40. The smallest absolute Gasteiger partial charge is 0.386 e. The van der Waals surface area contributed by atoms with Gasteiger partial charge in [-0.1, -0.05) is 15.3 Å². The molecule has 11 heteroatoms. The Morgan fingerprint density at radius 2 is 1.19 bits per heavy atom. The summed E-state index contributed by atoms with van der Waals surface area (Å²) in [5.41, 5.74) is -5.51. The van der Waals surface area contributed by atoms with Crippen molar-refractivity contribution in [3.63, 3.8) is 0 Å². The molecule has 0 heterocycles. The lowest BCUT2D eigenvalue weighted by Crippen LogP contribution is -2.66. The van der Waals surface area contributed by atoms with E-state index in [-0.39, 0.29) is 0 Å². The van der Waals surface area contributed by atoms with Crippen LogP contribution >= 0.6 is 15.3 Å². The SMILES string of the molecule is CO[Si](Br)(OC)C(F)(F)C(F)(F)C(F)(F)F. The number of alkyl halides is 7. The lowest BCUT2D eigenvalue weighted by Gasteiger charge is -2.35. The van der Waals surface area contributed by atoms with Crippen molar-refractivity contribution in [2.24, 2.45) is 0 Å². The van der Waals surface area contributed by atoms with Gasteiger partial charge in [0.25, 0.3) is 0 Å². The van der Waals surface area contributed by atoms with Crippen LogP contribution in [0.1, 0.15) is 0 Å². The van der Waals surface area contributed by atoms with E-state index in [1.54, 1.807) is 0 Å². The Hall–Kier alpha value is 0.127. The van der Waals surface area contributed by atoms with E-state index in [0.717, 1.165) is 0 Å². The molecule has 0 atom stereocenters. The highest BCUT2D eigenvalue weighted by Gasteiger charge is 2.82. The van der Waals surface area contributed by atoms with Crippen molar-refractivity contribution < 1.29 is 39.6 Å². The van der Waals surface area contributed by atoms with Gasteiger partial charge in [-0.2, -0.15) is 30.7 Å². The monoisotopic (exact) mass is 338 g/mol. The Balaban J connectivity index is 5.51. The molecule has 0 N–H and O–H groups in total. The standard InChI is InChI=1S/C5H6BrF7O2Si/c1-14-16(6,15-2)5(12,13)3(7,8)4(9,10)11/h1-2H3. The maximum Gasteiger partial charge on any atom is 0.495 e. The normalized spacial score (nSPS) is 15.4. The maximum absolute atomic E-state index is 13.0. The van der Waals surface area contributed by atoms with Gasteiger partial charge in [0.2, 0.25) is 0 Å². The Morgan fingerprint density at radius 1 is 0.875 bits per heavy atom. The van der Waals surface area contributed by atoms with Crippen LogP contribution in [0.15, 0.2) is 0 Å². The molecule has 0 aromatic rings. The predicted octanol–water partition coefficient (Wildman–Crippen LogP) is 2.99. The summed E-state index contributed by atoms with van der Waals surface area (Å²) in [5, 5.41) is 0. The Kier molecular flexibility index (Phi) is 4.46. The molecular weight excluding hydrogens is 333 g/mol. The highest BCUT2D eigenvalue weighted by atomic mass is 79.9. The third kappa shape index (κ3) is 2.22. The summed E-state index contributed by atoms with van der Waals surface area (Å²) >= 11 is 2.00. The van der Waals surface area contributed by atoms with Crippen LogP contribution in [0.3, 0.4) is 0 Å². The van der Waals surface area contributed by atoms with E-state index in [2.05, 4.69) is 8.85 Å². The summed E-state index contributed by atoms with van der Waals surface area (Å²) in [6.07, 6.45) is -6.40. The third-order valence-corrected chi connectivity index (χ3v) is 7.20. The first kappa shape index (κ1) is 16.1. The van der Waals surface area contributed by atoms with Crippen LogP contribution in [-0.2, 0) is 8.85 Å². The van der Waals surface area contributed by atoms with Crippen LogP contribution in [-0.4, -0.2) is 39.0 Å². The van der Waals surface area contributed by atoms with Gasteiger partial charge >= 0.3 is 24.8 Å². The average molecular weight is 339 g/mol. The summed E-state index contributed by atoms with van der Waals surface area (Å²) in [4.78, 5) is 0. The molecular formula is C5H6BrF7O2Si. The van der Waals surface area contributed by atoms with Gasteiger partial charge in [-0.25, -0.2) is 0 Å². The second-order valence-corrected chi connectivity index (χ2v) is 8.24. The zero-order valence-electron chi connectivity index (χ0n) is 7.84. The van der Waals surface area contributed by atoms with Gasteiger partial charge in [-0.05, 0) is 0 Å². The van der Waals surface area contributed by atoms with Crippen LogP contribution in [0.25, 0.3) is 0 Å². The van der Waals surface area contributed by atoms with Crippen molar-refractivity contribution >= 4 is 22.5 Å². The van der Waals surface area contributed by atoms with Gasteiger partial charge < -0.3 is 8.85 Å². The van der Waals surface area contributed by atoms with Crippen LogP contribution in [0, 0.1) is 0 Å². The quantitative estimate of drug-likeness (QED) is 0.445. The minimum absolute atomic E-state index is 0.546. The highest BCUT2D eigenvalue weighted by Crippen LogP contribution is 2.52. The van der Waals surface area contributed by atoms with E-state index in [4.69, 9.17) is 0 Å². The zero-order valence-corrected chi connectivity index (χ0v) is 10.4. The molecule has 0 fully saturated rings. The molecule has 0 saturated carbocycles. The lowest BCUT2D eigenvalue weighted by atomic mass is 10.3. The fourth-order valence-corrected chi connectivity index (χ4v) is 2.65. The van der Waals surface area contributed by atoms with Crippen molar-refractivity contribution in [2.45, 2.75) is 17.6 Å². The van der Waals surface area contributed by atoms with Crippen molar-refractivity contribution in [2.75, 3.05) is 14.2 Å². The number of hydrogen-bond donors (Lipinski definition) is 0. The van der Waals surface area contributed by atoms with Crippen LogP contribution in [0.4, 0.5) is 30.7 Å². The summed E-state index contributed by atoms with van der Waals surface area (Å²) in [6, 6.07) is 0. The Bertz CT molecular complexity index is 252. The first-order valence-electron chi connectivity index (χ1n) is 3.49. The molecule has 0 radical (unpaired) electrons. The molecule has 2 nitrogen and oxygen atoms in total. The van der Waals surface area contributed by atoms with E-state index in [9.17, 15) is 30.7 Å². The van der Waals surface area contributed by atoms with Gasteiger partial charge in [0.05, 0.1) is 0 Å². The average Bonchev–Trinajstić information content (AvgIpc) is 2.14. The molecule has 0 saturated heterocycles. The van der Waals surface area contributed by atoms with Crippen molar-refractivity contribution in [3.05, 3.63) is 0 Å². The second kappa shape index (κ2) is 4.42. The van der Waals surface area contributed by atoms with Gasteiger partial charge in [0.15, 0.2) is 0 Å². The van der Waals surface area contributed by atoms with Crippen LogP contribution in [0.2, 0.25) is 0 Å². The number of rotatable bonds is 4. The predicted molar refractivity (Wildman–Crippen MR) is 44.6 cm³/mol. The molecule has 0 aliphatic carbocycles. The van der Waals surface area contributed by atoms with Crippen LogP contribution in [0.5, 0.6) is 0 Å². The fourth-order valence-electron chi connectivity index (χ4n) is 0.705. The fraction of sp³-hybridized carbons (Fsp3) is 1.00. The molecule has 0 unspecified atom stereocenters. The van der Waals surface area contributed by atoms with Crippen molar-refractivity contribution in [1.82, 2.24) is 0 Å². The van der Waals surface area contributed by atoms with Gasteiger partial charge in [0, 0.05) is 14.2 Å². The summed E-state index contributed by atoms with van der Waals surface area (Å²) in [7, 11) is -4.07. The minimum Gasteiger partial charge on any atom is -0.386 e. The number of halogens is 8. The van der Waals surface area contributed by atoms with Gasteiger partial charge in [-0.3, -0.25) is 0 Å². The molecule has 98 valence electrons. The Morgan fingerprint density at radius 3 is 1.38 bits per heavy atom. The molecule has 0 spiro atoms. The van der Waals surface area contributed by atoms with Gasteiger partial charge in [0.1, 0.15) is 0 Å². The van der Waals surface area contributed by atoms with Crippen molar-refractivity contribution in [3.8, 4) is 0 Å². The molecule has 0 aromatic heterocycles. The summed E-state index contributed by atoms with van der Waals surface area (Å²) < 4.78 is 94.4. The van der Waals surface area contributed by atoms with E-state index in [1.807, 2.05) is 15.3 Å². The molecule has 0 bridgehead atoms. The lowest BCUT2D eigenvalue weighted by molar-refractivity contribution is -0.339. The molecule has 0 aliphatic rings. The zero-order chi connectivity index (χ0) is 13.4. The van der Waals surface area contributed by atoms with E-state index < -0.39 is 24.8 Å². The van der Waals surface area contributed by atoms with Gasteiger partial charge in [-0.15, -0.1) is 0 Å². The Labute approximate surface area is 94.5 Å². The molecule has 0 amide bonds. The molecule has 0 aromatic carbocycles. The van der Waals surface area contributed by atoms with E-state index >= 15 is 0 Å². The number of hydrogen-bond acceptors (Lipinski definition) is 2. The highest BCUT2D eigenvalue weighted by molar-refractivity contribution is 9.25. The van der Waals surface area contributed by atoms with Crippen molar-refractivity contribution in [1.29, 1.82) is 0 Å². The second-order valence-electron chi connectivity index (χ2n) is 2.59. The van der Waals surface area contributed by atoms with E-state index in [0.29, 0.717) is 14.2 Å². The summed E-state index contributed by atoms with van der Waals surface area (Å²) in [6.45, 7) is 0. The van der Waals surface area contributed by atoms with E-state index in [1.165, 1.54) is 0 Å². The summed E-state index contributed by atoms with van der Waals surface area (Å²) in [5.74, 6) is -6.25. The first-order valence-corrected chi connectivity index (χ1v) is 7.56. The molecule has 16 heavy (non-hydrogen) atoms.